The minimum absolute atomic E-state index is 0.199. The van der Waals surface area contributed by atoms with Crippen LogP contribution in [0.3, 0.4) is 0 Å². The van der Waals surface area contributed by atoms with Gasteiger partial charge >= 0.3 is 0 Å². The van der Waals surface area contributed by atoms with E-state index in [1.54, 1.807) is 0 Å². The molecule has 0 N–H and O–H groups in total. The first-order valence-corrected chi connectivity index (χ1v) is 10.1. The van der Waals surface area contributed by atoms with E-state index in [4.69, 9.17) is 4.98 Å². The van der Waals surface area contributed by atoms with Crippen LogP contribution < -0.4 is 14.7 Å². The highest BCUT2D eigenvalue weighted by atomic mass is 19.1. The van der Waals surface area contributed by atoms with Gasteiger partial charge in [0.05, 0.1) is 0 Å². The van der Waals surface area contributed by atoms with Crippen LogP contribution in [0, 0.1) is 12.7 Å². The highest BCUT2D eigenvalue weighted by molar-refractivity contribution is 5.59. The van der Waals surface area contributed by atoms with Gasteiger partial charge in [0.2, 0.25) is 5.95 Å². The Labute approximate surface area is 171 Å². The van der Waals surface area contributed by atoms with Crippen molar-refractivity contribution in [3.63, 3.8) is 0 Å². The minimum Gasteiger partial charge on any atom is -0.368 e. The number of hydrogen-bond donors (Lipinski definition) is 0. The topological polar surface area (TPSA) is 35.5 Å². The fourth-order valence-electron chi connectivity index (χ4n) is 3.71. The molecule has 0 aliphatic carbocycles. The molecule has 3 aromatic rings. The zero-order chi connectivity index (χ0) is 20.2. The predicted octanol–water partition coefficient (Wildman–Crippen LogP) is 4.41. The quantitative estimate of drug-likeness (QED) is 0.644. The summed E-state index contributed by atoms with van der Waals surface area (Å²) in [6.07, 6.45) is 0. The van der Waals surface area contributed by atoms with E-state index in [9.17, 15) is 4.39 Å². The molecule has 0 radical (unpaired) electrons. The lowest BCUT2D eigenvalue weighted by Crippen LogP contribution is -2.47. The summed E-state index contributed by atoms with van der Waals surface area (Å²) >= 11 is 0. The number of benzene rings is 2. The number of anilines is 4. The van der Waals surface area contributed by atoms with Gasteiger partial charge in [0.15, 0.2) is 0 Å². The molecule has 0 spiro atoms. The van der Waals surface area contributed by atoms with Gasteiger partial charge in [-0.2, -0.15) is 4.98 Å². The van der Waals surface area contributed by atoms with E-state index in [-0.39, 0.29) is 5.82 Å². The van der Waals surface area contributed by atoms with Gasteiger partial charge in [-0.1, -0.05) is 18.2 Å². The van der Waals surface area contributed by atoms with Crippen molar-refractivity contribution in [3.8, 4) is 0 Å². The van der Waals surface area contributed by atoms with Crippen LogP contribution in [-0.2, 0) is 0 Å². The minimum atomic E-state index is -0.199. The molecular formula is C23H26FN5. The van der Waals surface area contributed by atoms with Gasteiger partial charge in [-0.15, -0.1) is 0 Å². The molecule has 1 saturated heterocycles. The van der Waals surface area contributed by atoms with Gasteiger partial charge in [-0.05, 0) is 50.2 Å². The first kappa shape index (κ1) is 19.2. The molecule has 4 rings (SSSR count). The number of aryl methyl sites for hydroxylation is 1. The Balaban J connectivity index is 1.52. The van der Waals surface area contributed by atoms with Gasteiger partial charge in [-0.3, -0.25) is 0 Å². The van der Waals surface area contributed by atoms with Gasteiger partial charge in [0.1, 0.15) is 11.6 Å². The van der Waals surface area contributed by atoms with Gasteiger partial charge < -0.3 is 14.7 Å². The Morgan fingerprint density at radius 2 is 1.55 bits per heavy atom. The normalized spacial score (nSPS) is 14.2. The van der Waals surface area contributed by atoms with Crippen molar-refractivity contribution in [3.05, 3.63) is 72.2 Å². The standard InChI is InChI=1S/C23H26FN5/c1-3-29(21-7-5-4-6-8-21)23-25-18(2)17-22(26-23)28-15-13-27(14-16-28)20-11-9-19(24)10-12-20/h4-12,17H,3,13-16H2,1-2H3. The Morgan fingerprint density at radius 3 is 2.21 bits per heavy atom. The molecule has 1 aromatic heterocycles. The molecule has 1 aliphatic rings. The molecule has 0 atom stereocenters. The van der Waals surface area contributed by atoms with Crippen molar-refractivity contribution in [1.29, 1.82) is 0 Å². The fraction of sp³-hybridized carbons (Fsp3) is 0.304. The summed E-state index contributed by atoms with van der Waals surface area (Å²) in [4.78, 5) is 16.3. The Hall–Kier alpha value is -3.15. The highest BCUT2D eigenvalue weighted by Crippen LogP contribution is 2.25. The summed E-state index contributed by atoms with van der Waals surface area (Å²) in [6.45, 7) is 8.41. The third kappa shape index (κ3) is 4.31. The molecule has 2 heterocycles. The average Bonchev–Trinajstić information content (AvgIpc) is 2.75. The molecule has 1 fully saturated rings. The van der Waals surface area contributed by atoms with E-state index in [1.165, 1.54) is 12.1 Å². The molecular weight excluding hydrogens is 365 g/mol. The summed E-state index contributed by atoms with van der Waals surface area (Å²) in [6, 6.07) is 19.0. The second kappa shape index (κ2) is 8.47. The molecule has 150 valence electrons. The summed E-state index contributed by atoms with van der Waals surface area (Å²) in [5, 5.41) is 0. The molecule has 0 amide bonds. The lowest BCUT2D eigenvalue weighted by Gasteiger charge is -2.37. The maximum atomic E-state index is 13.2. The number of para-hydroxylation sites is 1. The van der Waals surface area contributed by atoms with Crippen LogP contribution in [0.1, 0.15) is 12.6 Å². The van der Waals surface area contributed by atoms with Crippen LogP contribution in [0.2, 0.25) is 0 Å². The number of piperazine rings is 1. The van der Waals surface area contributed by atoms with Crippen LogP contribution in [-0.4, -0.2) is 42.7 Å². The lowest BCUT2D eigenvalue weighted by atomic mass is 10.2. The van der Waals surface area contributed by atoms with E-state index in [2.05, 4.69) is 44.8 Å². The van der Waals surface area contributed by atoms with Crippen molar-refractivity contribution >= 4 is 23.1 Å². The third-order valence-electron chi connectivity index (χ3n) is 5.25. The van der Waals surface area contributed by atoms with Gasteiger partial charge in [-0.25, -0.2) is 9.37 Å². The molecule has 5 nitrogen and oxygen atoms in total. The molecule has 0 unspecified atom stereocenters. The second-order valence-corrected chi connectivity index (χ2v) is 7.20. The molecule has 1 aliphatic heterocycles. The van der Waals surface area contributed by atoms with Crippen LogP contribution >= 0.6 is 0 Å². The van der Waals surface area contributed by atoms with Crippen molar-refractivity contribution in [1.82, 2.24) is 9.97 Å². The third-order valence-corrected chi connectivity index (χ3v) is 5.25. The zero-order valence-electron chi connectivity index (χ0n) is 16.9. The summed E-state index contributed by atoms with van der Waals surface area (Å²) in [7, 11) is 0. The maximum Gasteiger partial charge on any atom is 0.232 e. The zero-order valence-corrected chi connectivity index (χ0v) is 16.9. The first-order valence-electron chi connectivity index (χ1n) is 10.1. The average molecular weight is 391 g/mol. The number of halogens is 1. The number of hydrogen-bond acceptors (Lipinski definition) is 5. The molecule has 0 saturated carbocycles. The SMILES string of the molecule is CCN(c1ccccc1)c1nc(C)cc(N2CCN(c3ccc(F)cc3)CC2)n1. The van der Waals surface area contributed by atoms with Crippen LogP contribution in [0.5, 0.6) is 0 Å². The smallest absolute Gasteiger partial charge is 0.232 e. The van der Waals surface area contributed by atoms with E-state index >= 15 is 0 Å². The summed E-state index contributed by atoms with van der Waals surface area (Å²) in [5.74, 6) is 1.49. The van der Waals surface area contributed by atoms with Crippen LogP contribution in [0.4, 0.5) is 27.5 Å². The van der Waals surface area contributed by atoms with E-state index in [1.807, 2.05) is 37.3 Å². The van der Waals surface area contributed by atoms with E-state index in [0.717, 1.165) is 61.6 Å². The van der Waals surface area contributed by atoms with Crippen molar-refractivity contribution in [2.45, 2.75) is 13.8 Å². The van der Waals surface area contributed by atoms with Crippen LogP contribution in [0.25, 0.3) is 0 Å². The number of aromatic nitrogens is 2. The summed E-state index contributed by atoms with van der Waals surface area (Å²) in [5.41, 5.74) is 3.11. The highest BCUT2D eigenvalue weighted by Gasteiger charge is 2.20. The first-order chi connectivity index (χ1) is 14.1. The Morgan fingerprint density at radius 1 is 0.897 bits per heavy atom. The van der Waals surface area contributed by atoms with Crippen molar-refractivity contribution in [2.24, 2.45) is 0 Å². The molecule has 0 bridgehead atoms. The predicted molar refractivity (Wildman–Crippen MR) is 117 cm³/mol. The molecule has 29 heavy (non-hydrogen) atoms. The van der Waals surface area contributed by atoms with Gasteiger partial charge in [0.25, 0.3) is 0 Å². The van der Waals surface area contributed by atoms with Crippen molar-refractivity contribution in [2.75, 3.05) is 47.4 Å². The van der Waals surface area contributed by atoms with Gasteiger partial charge in [0, 0.05) is 55.9 Å². The fourth-order valence-corrected chi connectivity index (χ4v) is 3.71. The maximum absolute atomic E-state index is 13.2. The summed E-state index contributed by atoms with van der Waals surface area (Å²) < 4.78 is 13.2. The molecule has 2 aromatic carbocycles. The monoisotopic (exact) mass is 391 g/mol. The van der Waals surface area contributed by atoms with Crippen molar-refractivity contribution < 1.29 is 4.39 Å². The number of rotatable bonds is 5. The Bertz CT molecular complexity index is 937. The van der Waals surface area contributed by atoms with Crippen LogP contribution in [0.15, 0.2) is 60.7 Å². The Kier molecular flexibility index (Phi) is 5.60. The number of nitrogens with zero attached hydrogens (tertiary/aromatic N) is 5. The largest absolute Gasteiger partial charge is 0.368 e. The molecule has 6 heteroatoms. The lowest BCUT2D eigenvalue weighted by molar-refractivity contribution is 0.624. The van der Waals surface area contributed by atoms with E-state index in [0.29, 0.717) is 0 Å². The van der Waals surface area contributed by atoms with E-state index < -0.39 is 0 Å². The second-order valence-electron chi connectivity index (χ2n) is 7.20.